The van der Waals surface area contributed by atoms with Gasteiger partial charge in [-0.15, -0.1) is 11.3 Å². The van der Waals surface area contributed by atoms with Gasteiger partial charge in [0.1, 0.15) is 0 Å². The number of hydrogen-bond acceptors (Lipinski definition) is 4. The Balaban J connectivity index is 0.00000112. The van der Waals surface area contributed by atoms with Crippen LogP contribution in [-0.4, -0.2) is 38.8 Å². The second kappa shape index (κ2) is 6.09. The molecule has 1 saturated heterocycles. The molecule has 0 unspecified atom stereocenters. The normalized spacial score (nSPS) is 18.5. The first kappa shape index (κ1) is 15.8. The van der Waals surface area contributed by atoms with E-state index in [1.165, 1.54) is 17.7 Å². The molecule has 0 aromatic carbocycles. The van der Waals surface area contributed by atoms with E-state index in [1.54, 1.807) is 17.5 Å². The molecule has 26 heavy (non-hydrogen) atoms. The predicted molar refractivity (Wildman–Crippen MR) is 105 cm³/mol. The van der Waals surface area contributed by atoms with Crippen LogP contribution in [0.5, 0.6) is 0 Å². The number of carbonyl (C=O) groups is 1. The number of likely N-dealkylation sites (tertiary alicyclic amines) is 1. The number of H-pyrrole nitrogens is 2. The monoisotopic (exact) mass is 372 g/mol. The van der Waals surface area contributed by atoms with E-state index in [0.717, 1.165) is 41.9 Å². The van der Waals surface area contributed by atoms with E-state index in [4.69, 9.17) is 0 Å². The number of aromatic nitrogens is 3. The highest BCUT2D eigenvalue weighted by molar-refractivity contribution is 7.14. The first-order valence-electron chi connectivity index (χ1n) is 9.15. The van der Waals surface area contributed by atoms with Gasteiger partial charge in [0.25, 0.3) is 5.91 Å². The molecule has 6 nitrogen and oxygen atoms in total. The standard InChI is InChI=1S/C19H20N4O2S.2H2/c24-18(15-4-3-14(26-15)12-1-2-12)23-9-6-11(7-10-23)13-5-8-20-17-16(13)21-19(25)22-17;;/h3-5,8,11-12H,1-2,6-7,9-10H2,(H2,20,21,22,25);2*1H. The number of amides is 1. The van der Waals surface area contributed by atoms with Crippen molar-refractivity contribution in [1.29, 1.82) is 0 Å². The third-order valence-electron chi connectivity index (χ3n) is 5.49. The van der Waals surface area contributed by atoms with Gasteiger partial charge in [0.2, 0.25) is 0 Å². The van der Waals surface area contributed by atoms with Crippen LogP contribution in [0.4, 0.5) is 0 Å². The average Bonchev–Trinajstić information content (AvgIpc) is 3.26. The largest absolute Gasteiger partial charge is 0.338 e. The number of fused-ring (bicyclic) bond motifs is 1. The number of nitrogens with zero attached hydrogens (tertiary/aromatic N) is 2. The summed E-state index contributed by atoms with van der Waals surface area (Å²) in [4.78, 5) is 38.3. The van der Waals surface area contributed by atoms with Crippen molar-refractivity contribution in [3.63, 3.8) is 0 Å². The van der Waals surface area contributed by atoms with Gasteiger partial charge in [-0.05, 0) is 61.3 Å². The number of nitrogens with one attached hydrogen (secondary N) is 2. The smallest absolute Gasteiger partial charge is 0.325 e. The maximum absolute atomic E-state index is 12.8. The van der Waals surface area contributed by atoms with E-state index < -0.39 is 0 Å². The molecule has 7 heteroatoms. The zero-order valence-electron chi connectivity index (χ0n) is 14.3. The van der Waals surface area contributed by atoms with Crippen LogP contribution in [0.2, 0.25) is 0 Å². The summed E-state index contributed by atoms with van der Waals surface area (Å²) in [6, 6.07) is 6.09. The van der Waals surface area contributed by atoms with E-state index in [-0.39, 0.29) is 14.5 Å². The number of carbonyl (C=O) groups excluding carboxylic acids is 1. The highest BCUT2D eigenvalue weighted by Crippen LogP contribution is 2.43. The van der Waals surface area contributed by atoms with Crippen LogP contribution in [0.3, 0.4) is 0 Å². The Morgan fingerprint density at radius 2 is 1.92 bits per heavy atom. The number of piperidine rings is 1. The molecule has 1 amide bonds. The minimum Gasteiger partial charge on any atom is -0.338 e. The van der Waals surface area contributed by atoms with Crippen molar-refractivity contribution in [2.24, 2.45) is 0 Å². The van der Waals surface area contributed by atoms with E-state index in [1.807, 2.05) is 17.0 Å². The molecule has 3 aromatic heterocycles. The van der Waals surface area contributed by atoms with Gasteiger partial charge in [-0.1, -0.05) is 0 Å². The predicted octanol–water partition coefficient (Wildman–Crippen LogP) is 3.70. The molecule has 1 saturated carbocycles. The molecule has 2 fully saturated rings. The topological polar surface area (TPSA) is 81.8 Å². The van der Waals surface area contributed by atoms with Gasteiger partial charge >= 0.3 is 5.69 Å². The van der Waals surface area contributed by atoms with Gasteiger partial charge in [0.15, 0.2) is 5.65 Å². The van der Waals surface area contributed by atoms with Crippen LogP contribution < -0.4 is 5.69 Å². The molecule has 4 heterocycles. The molecule has 2 N–H and O–H groups in total. The molecule has 2 aliphatic rings. The van der Waals surface area contributed by atoms with E-state index in [0.29, 0.717) is 17.5 Å². The number of aromatic amines is 2. The van der Waals surface area contributed by atoms with Gasteiger partial charge in [0, 0.05) is 27.0 Å². The summed E-state index contributed by atoms with van der Waals surface area (Å²) in [5.74, 6) is 1.20. The summed E-state index contributed by atoms with van der Waals surface area (Å²) in [5.41, 5.74) is 2.30. The van der Waals surface area contributed by atoms with Crippen molar-refractivity contribution in [2.45, 2.75) is 37.5 Å². The third kappa shape index (κ3) is 2.76. The molecule has 0 radical (unpaired) electrons. The fourth-order valence-electron chi connectivity index (χ4n) is 3.90. The molecule has 0 bridgehead atoms. The first-order valence-corrected chi connectivity index (χ1v) is 9.96. The fourth-order valence-corrected chi connectivity index (χ4v) is 5.04. The van der Waals surface area contributed by atoms with Crippen molar-refractivity contribution in [3.05, 3.63) is 50.2 Å². The Hall–Kier alpha value is -2.41. The summed E-state index contributed by atoms with van der Waals surface area (Å²) in [6.07, 6.45) is 6.07. The minimum absolute atomic E-state index is 0. The highest BCUT2D eigenvalue weighted by atomic mass is 32.1. The zero-order chi connectivity index (χ0) is 17.7. The molecular weight excluding hydrogens is 348 g/mol. The molecule has 5 rings (SSSR count). The molecule has 1 aliphatic heterocycles. The lowest BCUT2D eigenvalue weighted by molar-refractivity contribution is 0.0718. The van der Waals surface area contributed by atoms with Crippen LogP contribution in [0.15, 0.2) is 29.2 Å². The number of thiophene rings is 1. The van der Waals surface area contributed by atoms with Gasteiger partial charge < -0.3 is 9.88 Å². The van der Waals surface area contributed by atoms with Crippen molar-refractivity contribution in [2.75, 3.05) is 13.1 Å². The summed E-state index contributed by atoms with van der Waals surface area (Å²) >= 11 is 1.66. The summed E-state index contributed by atoms with van der Waals surface area (Å²) < 4.78 is 0. The SMILES string of the molecule is O=C(c1ccc(C2CC2)s1)N1CCC(c2ccnc3[nH]c(=O)[nH]c23)CC1.[HH].[HH]. The minimum atomic E-state index is -0.225. The van der Waals surface area contributed by atoms with Crippen molar-refractivity contribution in [3.8, 4) is 0 Å². The van der Waals surface area contributed by atoms with E-state index >= 15 is 0 Å². The second-order valence-corrected chi connectivity index (χ2v) is 8.36. The second-order valence-electron chi connectivity index (χ2n) is 7.25. The van der Waals surface area contributed by atoms with E-state index in [9.17, 15) is 9.59 Å². The maximum Gasteiger partial charge on any atom is 0.325 e. The van der Waals surface area contributed by atoms with Crippen LogP contribution in [0.1, 0.15) is 60.5 Å². The lowest BCUT2D eigenvalue weighted by Gasteiger charge is -2.32. The Labute approximate surface area is 157 Å². The molecular formula is C19H24N4O2S. The Morgan fingerprint density at radius 3 is 2.69 bits per heavy atom. The molecule has 3 aromatic rings. The molecule has 0 atom stereocenters. The fraction of sp³-hybridized carbons (Fsp3) is 0.421. The number of hydrogen-bond donors (Lipinski definition) is 2. The highest BCUT2D eigenvalue weighted by Gasteiger charge is 2.29. The first-order chi connectivity index (χ1) is 12.7. The summed E-state index contributed by atoms with van der Waals surface area (Å²) in [5, 5.41) is 0. The van der Waals surface area contributed by atoms with Gasteiger partial charge in [-0.25, -0.2) is 9.78 Å². The molecule has 0 spiro atoms. The van der Waals surface area contributed by atoms with Crippen molar-refractivity contribution >= 4 is 28.4 Å². The lowest BCUT2D eigenvalue weighted by Crippen LogP contribution is -2.37. The molecule has 138 valence electrons. The van der Waals surface area contributed by atoms with Gasteiger partial charge in [0.05, 0.1) is 10.4 Å². The lowest BCUT2D eigenvalue weighted by atomic mass is 9.89. The number of pyridine rings is 1. The van der Waals surface area contributed by atoms with Gasteiger partial charge in [-0.3, -0.25) is 9.78 Å². The zero-order valence-corrected chi connectivity index (χ0v) is 15.1. The Kier molecular flexibility index (Phi) is 3.70. The quantitative estimate of drug-likeness (QED) is 0.735. The Morgan fingerprint density at radius 1 is 1.12 bits per heavy atom. The van der Waals surface area contributed by atoms with Crippen LogP contribution >= 0.6 is 11.3 Å². The maximum atomic E-state index is 12.8. The number of imidazole rings is 1. The van der Waals surface area contributed by atoms with Crippen LogP contribution in [-0.2, 0) is 0 Å². The summed E-state index contributed by atoms with van der Waals surface area (Å²) in [7, 11) is 0. The van der Waals surface area contributed by atoms with Crippen molar-refractivity contribution < 1.29 is 7.65 Å². The van der Waals surface area contributed by atoms with Crippen LogP contribution in [0.25, 0.3) is 11.2 Å². The number of rotatable bonds is 3. The summed E-state index contributed by atoms with van der Waals surface area (Å²) in [6.45, 7) is 1.50. The average molecular weight is 372 g/mol. The van der Waals surface area contributed by atoms with Gasteiger partial charge in [-0.2, -0.15) is 0 Å². The van der Waals surface area contributed by atoms with Crippen LogP contribution in [0, 0.1) is 0 Å². The third-order valence-corrected chi connectivity index (χ3v) is 6.73. The Bertz CT molecular complexity index is 1030. The van der Waals surface area contributed by atoms with E-state index in [2.05, 4.69) is 21.0 Å². The molecule has 1 aliphatic carbocycles. The van der Waals surface area contributed by atoms with Crippen molar-refractivity contribution in [1.82, 2.24) is 19.9 Å².